The first kappa shape index (κ1) is 15.5. The first-order chi connectivity index (χ1) is 9.50. The van der Waals surface area contributed by atoms with E-state index in [4.69, 9.17) is 5.73 Å². The summed E-state index contributed by atoms with van der Waals surface area (Å²) in [6.07, 6.45) is 5.37. The molecule has 1 aromatic rings. The van der Waals surface area contributed by atoms with E-state index in [2.05, 4.69) is 57.0 Å². The van der Waals surface area contributed by atoms with Crippen molar-refractivity contribution in [3.8, 4) is 0 Å². The van der Waals surface area contributed by atoms with Gasteiger partial charge in [-0.1, -0.05) is 44.0 Å². The van der Waals surface area contributed by atoms with Gasteiger partial charge in [0, 0.05) is 18.1 Å². The molecule has 20 heavy (non-hydrogen) atoms. The Balaban J connectivity index is 2.22. The molecule has 1 aromatic carbocycles. The van der Waals surface area contributed by atoms with E-state index in [1.54, 1.807) is 0 Å². The van der Waals surface area contributed by atoms with Gasteiger partial charge < -0.3 is 5.73 Å². The molecule has 4 unspecified atom stereocenters. The summed E-state index contributed by atoms with van der Waals surface area (Å²) < 4.78 is 0. The second-order valence-electron chi connectivity index (χ2n) is 6.75. The minimum atomic E-state index is 0.151. The van der Waals surface area contributed by atoms with Crippen LogP contribution in [0, 0.1) is 12.8 Å². The van der Waals surface area contributed by atoms with Crippen molar-refractivity contribution in [3.63, 3.8) is 0 Å². The second kappa shape index (κ2) is 6.73. The molecule has 0 bridgehead atoms. The van der Waals surface area contributed by atoms with Gasteiger partial charge in [-0.2, -0.15) is 0 Å². The average Bonchev–Trinajstić information content (AvgIpc) is 2.40. The fraction of sp³-hybridized carbons (Fsp3) is 0.667. The third-order valence-electron chi connectivity index (χ3n) is 4.93. The van der Waals surface area contributed by atoms with Crippen LogP contribution in [0.15, 0.2) is 24.3 Å². The van der Waals surface area contributed by atoms with Gasteiger partial charge in [0.05, 0.1) is 0 Å². The molecule has 2 N–H and O–H groups in total. The maximum atomic E-state index is 6.34. The van der Waals surface area contributed by atoms with Gasteiger partial charge in [0.2, 0.25) is 0 Å². The number of hydrogen-bond acceptors (Lipinski definition) is 2. The lowest BCUT2D eigenvalue weighted by Crippen LogP contribution is -2.44. The zero-order valence-corrected chi connectivity index (χ0v) is 13.5. The number of benzene rings is 1. The SMILES string of the molecule is Cc1ccccc1C(C(C)N)N(C)C1CCCC(C)C1. The van der Waals surface area contributed by atoms with Gasteiger partial charge in [-0.05, 0) is 50.8 Å². The first-order valence-electron chi connectivity index (χ1n) is 8.03. The zero-order valence-electron chi connectivity index (χ0n) is 13.5. The van der Waals surface area contributed by atoms with Crippen LogP contribution < -0.4 is 5.73 Å². The summed E-state index contributed by atoms with van der Waals surface area (Å²) >= 11 is 0. The van der Waals surface area contributed by atoms with E-state index in [-0.39, 0.29) is 6.04 Å². The van der Waals surface area contributed by atoms with E-state index in [9.17, 15) is 0 Å². The molecule has 4 atom stereocenters. The molecule has 0 heterocycles. The molecular weight excluding hydrogens is 244 g/mol. The van der Waals surface area contributed by atoms with Crippen LogP contribution in [0.1, 0.15) is 56.7 Å². The molecule has 0 amide bonds. The third-order valence-corrected chi connectivity index (χ3v) is 4.93. The highest BCUT2D eigenvalue weighted by molar-refractivity contribution is 5.30. The Kier molecular flexibility index (Phi) is 5.22. The molecule has 2 nitrogen and oxygen atoms in total. The van der Waals surface area contributed by atoms with Crippen molar-refractivity contribution < 1.29 is 0 Å². The lowest BCUT2D eigenvalue weighted by molar-refractivity contribution is 0.106. The molecule has 0 spiro atoms. The topological polar surface area (TPSA) is 29.3 Å². The number of aryl methyl sites for hydroxylation is 1. The molecule has 1 fully saturated rings. The van der Waals surface area contributed by atoms with Crippen LogP contribution >= 0.6 is 0 Å². The predicted molar refractivity (Wildman–Crippen MR) is 86.8 cm³/mol. The van der Waals surface area contributed by atoms with Crippen LogP contribution in [0.3, 0.4) is 0 Å². The Morgan fingerprint density at radius 3 is 2.55 bits per heavy atom. The molecule has 0 aliphatic heterocycles. The Morgan fingerprint density at radius 1 is 1.25 bits per heavy atom. The lowest BCUT2D eigenvalue weighted by atomic mass is 9.84. The number of rotatable bonds is 4. The average molecular weight is 274 g/mol. The largest absolute Gasteiger partial charge is 0.326 e. The maximum Gasteiger partial charge on any atom is 0.0498 e. The molecule has 1 aliphatic carbocycles. The third kappa shape index (κ3) is 3.42. The van der Waals surface area contributed by atoms with Crippen molar-refractivity contribution in [2.45, 2.75) is 64.6 Å². The van der Waals surface area contributed by atoms with Gasteiger partial charge in [0.1, 0.15) is 0 Å². The molecule has 2 rings (SSSR count). The molecule has 0 aromatic heterocycles. The summed E-state index contributed by atoms with van der Waals surface area (Å²) in [4.78, 5) is 2.54. The molecular formula is C18H30N2. The Bertz CT molecular complexity index is 427. The number of nitrogens with two attached hydrogens (primary N) is 1. The minimum Gasteiger partial charge on any atom is -0.326 e. The van der Waals surface area contributed by atoms with Gasteiger partial charge in [0.15, 0.2) is 0 Å². The molecule has 0 radical (unpaired) electrons. The highest BCUT2D eigenvalue weighted by Crippen LogP contribution is 2.33. The van der Waals surface area contributed by atoms with E-state index in [1.807, 2.05) is 0 Å². The summed E-state index contributed by atoms with van der Waals surface area (Å²) in [7, 11) is 2.27. The van der Waals surface area contributed by atoms with Crippen LogP contribution in [-0.2, 0) is 0 Å². The van der Waals surface area contributed by atoms with Crippen molar-refractivity contribution in [3.05, 3.63) is 35.4 Å². The standard InChI is InChI=1S/C18H30N2/c1-13-8-7-10-16(12-13)20(4)18(15(3)19)17-11-6-5-9-14(17)2/h5-6,9,11,13,15-16,18H,7-8,10,12,19H2,1-4H3. The van der Waals surface area contributed by atoms with Crippen LogP contribution in [0.2, 0.25) is 0 Å². The van der Waals surface area contributed by atoms with Crippen molar-refractivity contribution >= 4 is 0 Å². The molecule has 112 valence electrons. The Morgan fingerprint density at radius 2 is 1.95 bits per heavy atom. The summed E-state index contributed by atoms with van der Waals surface area (Å²) in [6, 6.07) is 9.84. The normalized spacial score (nSPS) is 26.5. The Labute approximate surface area is 124 Å². The van der Waals surface area contributed by atoms with E-state index in [0.29, 0.717) is 12.1 Å². The van der Waals surface area contributed by atoms with Gasteiger partial charge >= 0.3 is 0 Å². The molecule has 1 aliphatic rings. The summed E-state index contributed by atoms with van der Waals surface area (Å²) in [5.74, 6) is 0.849. The highest BCUT2D eigenvalue weighted by Gasteiger charge is 2.30. The maximum absolute atomic E-state index is 6.34. The fourth-order valence-corrected chi connectivity index (χ4v) is 3.79. The van der Waals surface area contributed by atoms with Gasteiger partial charge in [-0.3, -0.25) is 4.90 Å². The highest BCUT2D eigenvalue weighted by atomic mass is 15.2. The van der Waals surface area contributed by atoms with E-state index < -0.39 is 0 Å². The van der Waals surface area contributed by atoms with Gasteiger partial charge in [0.25, 0.3) is 0 Å². The second-order valence-corrected chi connectivity index (χ2v) is 6.75. The summed E-state index contributed by atoms with van der Waals surface area (Å²) in [5, 5.41) is 0. The van der Waals surface area contributed by atoms with Crippen molar-refractivity contribution in [1.82, 2.24) is 4.90 Å². The number of nitrogens with zero attached hydrogens (tertiary/aromatic N) is 1. The van der Waals surface area contributed by atoms with Crippen molar-refractivity contribution in [2.24, 2.45) is 11.7 Å². The molecule has 2 heteroatoms. The van der Waals surface area contributed by atoms with Crippen LogP contribution in [-0.4, -0.2) is 24.0 Å². The van der Waals surface area contributed by atoms with E-state index >= 15 is 0 Å². The van der Waals surface area contributed by atoms with E-state index in [1.165, 1.54) is 36.8 Å². The van der Waals surface area contributed by atoms with Crippen LogP contribution in [0.4, 0.5) is 0 Å². The fourth-order valence-electron chi connectivity index (χ4n) is 3.79. The van der Waals surface area contributed by atoms with Crippen molar-refractivity contribution in [2.75, 3.05) is 7.05 Å². The molecule has 1 saturated carbocycles. The summed E-state index contributed by atoms with van der Waals surface area (Å²) in [5.41, 5.74) is 9.08. The monoisotopic (exact) mass is 274 g/mol. The zero-order chi connectivity index (χ0) is 14.7. The predicted octanol–water partition coefficient (Wildman–Crippen LogP) is 3.89. The number of likely N-dealkylation sites (N-methyl/N-ethyl adjacent to an activating group) is 1. The van der Waals surface area contributed by atoms with Gasteiger partial charge in [-0.15, -0.1) is 0 Å². The first-order valence-corrected chi connectivity index (χ1v) is 8.03. The quantitative estimate of drug-likeness (QED) is 0.902. The Hall–Kier alpha value is -0.860. The van der Waals surface area contributed by atoms with Crippen LogP contribution in [0.5, 0.6) is 0 Å². The summed E-state index contributed by atoms with van der Waals surface area (Å²) in [6.45, 7) is 6.72. The smallest absolute Gasteiger partial charge is 0.0498 e. The van der Waals surface area contributed by atoms with E-state index in [0.717, 1.165) is 5.92 Å². The van der Waals surface area contributed by atoms with Gasteiger partial charge in [-0.25, -0.2) is 0 Å². The van der Waals surface area contributed by atoms with Crippen LogP contribution in [0.25, 0.3) is 0 Å². The molecule has 0 saturated heterocycles. The minimum absolute atomic E-state index is 0.151. The lowest BCUT2D eigenvalue weighted by Gasteiger charge is -2.41. The number of hydrogen-bond donors (Lipinski definition) is 1. The van der Waals surface area contributed by atoms with Crippen molar-refractivity contribution in [1.29, 1.82) is 0 Å².